The number of carbonyl (C=O) groups excluding carboxylic acids is 2. The maximum Gasteiger partial charge on any atom is 0.310 e. The third-order valence-corrected chi connectivity index (χ3v) is 3.77. The molecule has 21 heavy (non-hydrogen) atoms. The molecule has 1 fully saturated rings. The molecule has 1 unspecified atom stereocenters. The number of hydrogen-bond donors (Lipinski definition) is 0. The fourth-order valence-corrected chi connectivity index (χ4v) is 2.63. The van der Waals surface area contributed by atoms with Crippen molar-refractivity contribution >= 4 is 22.9 Å². The van der Waals surface area contributed by atoms with E-state index in [1.807, 2.05) is 18.2 Å². The average molecular weight is 289 g/mol. The molecule has 0 N–H and O–H groups in total. The number of fused-ring (bicyclic) bond motifs is 1. The van der Waals surface area contributed by atoms with Gasteiger partial charge in [-0.25, -0.2) is 4.63 Å². The highest BCUT2D eigenvalue weighted by Gasteiger charge is 2.34. The zero-order valence-electron chi connectivity index (χ0n) is 11.6. The van der Waals surface area contributed by atoms with Crippen molar-refractivity contribution in [2.45, 2.75) is 12.8 Å². The molecule has 7 heteroatoms. The second-order valence-electron chi connectivity index (χ2n) is 5.06. The van der Waals surface area contributed by atoms with Crippen LogP contribution in [-0.4, -0.2) is 47.3 Å². The van der Waals surface area contributed by atoms with Crippen molar-refractivity contribution in [3.8, 4) is 0 Å². The van der Waals surface area contributed by atoms with Crippen LogP contribution in [0.1, 0.15) is 12.0 Å². The normalized spacial score (nSPS) is 18.4. The lowest BCUT2D eigenvalue weighted by atomic mass is 10.1. The van der Waals surface area contributed by atoms with Gasteiger partial charge in [0, 0.05) is 19.5 Å². The van der Waals surface area contributed by atoms with Crippen molar-refractivity contribution in [1.29, 1.82) is 0 Å². The van der Waals surface area contributed by atoms with Gasteiger partial charge in [-0.05, 0) is 28.4 Å². The van der Waals surface area contributed by atoms with Crippen LogP contribution in [0.25, 0.3) is 11.0 Å². The summed E-state index contributed by atoms with van der Waals surface area (Å²) in [5.74, 6) is -0.698. The van der Waals surface area contributed by atoms with Gasteiger partial charge in [0.2, 0.25) is 5.91 Å². The molecule has 1 aliphatic heterocycles. The predicted octanol–water partition coefficient (Wildman–Crippen LogP) is 0.787. The fourth-order valence-electron chi connectivity index (χ4n) is 2.63. The number of amides is 1. The maximum absolute atomic E-state index is 11.9. The van der Waals surface area contributed by atoms with Gasteiger partial charge < -0.3 is 9.64 Å². The van der Waals surface area contributed by atoms with Gasteiger partial charge >= 0.3 is 5.97 Å². The van der Waals surface area contributed by atoms with Crippen LogP contribution in [0.2, 0.25) is 0 Å². The van der Waals surface area contributed by atoms with E-state index >= 15 is 0 Å². The summed E-state index contributed by atoms with van der Waals surface area (Å²) in [5, 5.41) is 7.67. The Morgan fingerprint density at radius 1 is 1.48 bits per heavy atom. The first-order chi connectivity index (χ1) is 10.2. The number of methoxy groups -OCH3 is 1. The Balaban J connectivity index is 1.67. The summed E-state index contributed by atoms with van der Waals surface area (Å²) in [6.45, 7) is 0.955. The van der Waals surface area contributed by atoms with Crippen LogP contribution in [0.3, 0.4) is 0 Å². The van der Waals surface area contributed by atoms with Crippen LogP contribution in [-0.2, 0) is 20.7 Å². The van der Waals surface area contributed by atoms with Crippen molar-refractivity contribution < 1.29 is 19.0 Å². The lowest BCUT2D eigenvalue weighted by Crippen LogP contribution is -2.28. The number of likely N-dealkylation sites (tertiary alicyclic amines) is 1. The number of benzene rings is 1. The molecule has 1 saturated heterocycles. The van der Waals surface area contributed by atoms with E-state index in [9.17, 15) is 9.59 Å². The molecule has 1 atom stereocenters. The van der Waals surface area contributed by atoms with E-state index in [2.05, 4.69) is 10.3 Å². The molecule has 7 nitrogen and oxygen atoms in total. The van der Waals surface area contributed by atoms with Gasteiger partial charge in [0.1, 0.15) is 11.0 Å². The maximum atomic E-state index is 11.9. The summed E-state index contributed by atoms with van der Waals surface area (Å²) in [7, 11) is 1.34. The van der Waals surface area contributed by atoms with E-state index in [1.54, 1.807) is 4.90 Å². The van der Waals surface area contributed by atoms with E-state index in [0.29, 0.717) is 30.5 Å². The molecular weight excluding hydrogens is 274 g/mol. The first-order valence-electron chi connectivity index (χ1n) is 6.75. The third-order valence-electron chi connectivity index (χ3n) is 3.77. The Hall–Kier alpha value is -2.44. The molecule has 2 heterocycles. The molecule has 0 aliphatic carbocycles. The van der Waals surface area contributed by atoms with E-state index in [4.69, 9.17) is 9.37 Å². The largest absolute Gasteiger partial charge is 0.469 e. The lowest BCUT2D eigenvalue weighted by molar-refractivity contribution is -0.145. The second kappa shape index (κ2) is 5.51. The minimum absolute atomic E-state index is 0.0177. The summed E-state index contributed by atoms with van der Waals surface area (Å²) < 4.78 is 9.41. The molecule has 110 valence electrons. The van der Waals surface area contributed by atoms with Crippen LogP contribution in [0.4, 0.5) is 0 Å². The SMILES string of the molecule is COC(=O)C1CC(=O)N(CCc2cccc3nonc23)C1. The highest BCUT2D eigenvalue weighted by Crippen LogP contribution is 2.21. The highest BCUT2D eigenvalue weighted by atomic mass is 16.6. The zero-order valence-corrected chi connectivity index (χ0v) is 11.6. The van der Waals surface area contributed by atoms with Gasteiger partial charge in [-0.3, -0.25) is 9.59 Å². The highest BCUT2D eigenvalue weighted by molar-refractivity contribution is 5.86. The van der Waals surface area contributed by atoms with Crippen LogP contribution in [0.15, 0.2) is 22.8 Å². The van der Waals surface area contributed by atoms with Crippen LogP contribution >= 0.6 is 0 Å². The predicted molar refractivity (Wildman–Crippen MR) is 72.2 cm³/mol. The summed E-state index contributed by atoms with van der Waals surface area (Å²) in [6.07, 6.45) is 0.869. The molecule has 1 aliphatic rings. The standard InChI is InChI=1S/C14H15N3O4/c1-20-14(19)10-7-12(18)17(8-10)6-5-9-3-2-4-11-13(9)16-21-15-11/h2-4,10H,5-8H2,1H3. The van der Waals surface area contributed by atoms with Crippen LogP contribution in [0, 0.1) is 5.92 Å². The van der Waals surface area contributed by atoms with Gasteiger partial charge in [0.05, 0.1) is 13.0 Å². The number of carbonyl (C=O) groups is 2. The van der Waals surface area contributed by atoms with Crippen molar-refractivity contribution in [1.82, 2.24) is 15.2 Å². The molecule has 3 rings (SSSR count). The number of esters is 1. The average Bonchev–Trinajstić information content (AvgIpc) is 3.11. The number of rotatable bonds is 4. The van der Waals surface area contributed by atoms with Gasteiger partial charge in [-0.2, -0.15) is 0 Å². The minimum Gasteiger partial charge on any atom is -0.469 e. The summed E-state index contributed by atoms with van der Waals surface area (Å²) in [4.78, 5) is 25.1. The van der Waals surface area contributed by atoms with Crippen molar-refractivity contribution in [3.63, 3.8) is 0 Å². The van der Waals surface area contributed by atoms with Crippen LogP contribution in [0.5, 0.6) is 0 Å². The Morgan fingerprint density at radius 2 is 2.33 bits per heavy atom. The van der Waals surface area contributed by atoms with Gasteiger partial charge in [0.15, 0.2) is 0 Å². The first-order valence-corrected chi connectivity index (χ1v) is 6.75. The Bertz CT molecular complexity index is 682. The van der Waals surface area contributed by atoms with Gasteiger partial charge in [-0.15, -0.1) is 0 Å². The first kappa shape index (κ1) is 13.5. The molecule has 2 aromatic rings. The van der Waals surface area contributed by atoms with E-state index < -0.39 is 0 Å². The number of hydrogen-bond acceptors (Lipinski definition) is 6. The molecule has 0 spiro atoms. The molecule has 1 aromatic carbocycles. The van der Waals surface area contributed by atoms with E-state index in [0.717, 1.165) is 5.56 Å². The zero-order chi connectivity index (χ0) is 14.8. The molecule has 0 bridgehead atoms. The van der Waals surface area contributed by atoms with E-state index in [1.165, 1.54) is 7.11 Å². The summed E-state index contributed by atoms with van der Waals surface area (Å²) in [5.41, 5.74) is 2.39. The smallest absolute Gasteiger partial charge is 0.310 e. The summed E-state index contributed by atoms with van der Waals surface area (Å²) >= 11 is 0. The van der Waals surface area contributed by atoms with Crippen molar-refractivity contribution in [2.75, 3.05) is 20.2 Å². The molecule has 1 aromatic heterocycles. The quantitative estimate of drug-likeness (QED) is 0.773. The lowest BCUT2D eigenvalue weighted by Gasteiger charge is -2.16. The van der Waals surface area contributed by atoms with Gasteiger partial charge in [-0.1, -0.05) is 12.1 Å². The summed E-state index contributed by atoms with van der Waals surface area (Å²) in [6, 6.07) is 5.64. The molecular formula is C14H15N3O4. The van der Waals surface area contributed by atoms with Crippen LogP contribution < -0.4 is 0 Å². The third kappa shape index (κ3) is 2.58. The Morgan fingerprint density at radius 3 is 3.14 bits per heavy atom. The fraction of sp³-hybridized carbons (Fsp3) is 0.429. The second-order valence-corrected chi connectivity index (χ2v) is 5.06. The molecule has 1 amide bonds. The Labute approximate surface area is 120 Å². The van der Waals surface area contributed by atoms with E-state index in [-0.39, 0.29) is 24.2 Å². The Kier molecular flexibility index (Phi) is 3.55. The van der Waals surface area contributed by atoms with Gasteiger partial charge in [0.25, 0.3) is 0 Å². The number of ether oxygens (including phenoxy) is 1. The monoisotopic (exact) mass is 289 g/mol. The number of aromatic nitrogens is 2. The van der Waals surface area contributed by atoms with Crippen molar-refractivity contribution in [3.05, 3.63) is 23.8 Å². The number of nitrogens with zero attached hydrogens (tertiary/aromatic N) is 3. The molecule has 0 radical (unpaired) electrons. The minimum atomic E-state index is -0.355. The van der Waals surface area contributed by atoms with Crippen molar-refractivity contribution in [2.24, 2.45) is 5.92 Å². The topological polar surface area (TPSA) is 85.5 Å². The molecule has 0 saturated carbocycles.